The third-order valence-electron chi connectivity index (χ3n) is 4.69. The van der Waals surface area contributed by atoms with Gasteiger partial charge >= 0.3 is 0 Å². The van der Waals surface area contributed by atoms with Gasteiger partial charge in [0.05, 0.1) is 5.69 Å². The van der Waals surface area contributed by atoms with Gasteiger partial charge < -0.3 is 14.6 Å². The summed E-state index contributed by atoms with van der Waals surface area (Å²) in [6, 6.07) is 6.16. The molecule has 2 heterocycles. The van der Waals surface area contributed by atoms with Crippen LogP contribution in [0.25, 0.3) is 11.5 Å². The van der Waals surface area contributed by atoms with Crippen LogP contribution < -0.4 is 5.32 Å². The first-order valence-corrected chi connectivity index (χ1v) is 9.39. The largest absolute Gasteiger partial charge is 0.444 e. The summed E-state index contributed by atoms with van der Waals surface area (Å²) < 4.78 is 18.5. The Bertz CT molecular complexity index is 724. The molecule has 3 rings (SSSR count). The highest BCUT2D eigenvalue weighted by Gasteiger charge is 2.18. The molecule has 1 aromatic heterocycles. The van der Waals surface area contributed by atoms with Crippen molar-refractivity contribution in [2.24, 2.45) is 10.9 Å². The van der Waals surface area contributed by atoms with E-state index in [0.29, 0.717) is 18.9 Å². The molecule has 0 saturated carbocycles. The normalized spacial score (nSPS) is 15.5. The summed E-state index contributed by atoms with van der Waals surface area (Å²) in [5, 5.41) is 3.39. The van der Waals surface area contributed by atoms with Gasteiger partial charge in [-0.1, -0.05) is 6.92 Å². The molecule has 5 nitrogen and oxygen atoms in total. The number of oxazole rings is 1. The van der Waals surface area contributed by atoms with E-state index < -0.39 is 0 Å². The van der Waals surface area contributed by atoms with Crippen molar-refractivity contribution in [1.29, 1.82) is 0 Å². The molecule has 1 aromatic carbocycles. The van der Waals surface area contributed by atoms with Gasteiger partial charge in [-0.3, -0.25) is 4.99 Å². The molecule has 2 aromatic rings. The van der Waals surface area contributed by atoms with Crippen LogP contribution in [-0.2, 0) is 6.42 Å². The second-order valence-corrected chi connectivity index (χ2v) is 6.81. The summed E-state index contributed by atoms with van der Waals surface area (Å²) in [4.78, 5) is 11.6. The smallest absolute Gasteiger partial charge is 0.226 e. The quantitative estimate of drug-likeness (QED) is 0.388. The van der Waals surface area contributed by atoms with Crippen molar-refractivity contribution in [3.63, 3.8) is 0 Å². The third-order valence-corrected chi connectivity index (χ3v) is 4.69. The molecule has 0 radical (unpaired) electrons. The number of piperidine rings is 1. The molecule has 1 saturated heterocycles. The van der Waals surface area contributed by atoms with Crippen molar-refractivity contribution in [3.05, 3.63) is 42.0 Å². The van der Waals surface area contributed by atoms with Crippen LogP contribution >= 0.6 is 24.0 Å². The van der Waals surface area contributed by atoms with Crippen molar-refractivity contribution in [1.82, 2.24) is 15.2 Å². The van der Waals surface area contributed by atoms with E-state index in [1.165, 1.54) is 25.0 Å². The molecule has 148 valence electrons. The molecule has 0 aliphatic carbocycles. The Hall–Kier alpha value is -1.64. The minimum Gasteiger partial charge on any atom is -0.444 e. The minimum absolute atomic E-state index is 0. The van der Waals surface area contributed by atoms with E-state index in [4.69, 9.17) is 9.41 Å². The standard InChI is InChI=1S/C20H27FN4O.HI/c1-3-22-20(25-12-9-15(2)10-13-25)23-11-8-18-14-26-19(24-18)16-4-6-17(21)7-5-16;/h4-7,14-15H,3,8-13H2,1-2H3,(H,22,23);1H. The van der Waals surface area contributed by atoms with E-state index in [1.807, 2.05) is 0 Å². The first-order valence-electron chi connectivity index (χ1n) is 9.39. The maximum Gasteiger partial charge on any atom is 0.226 e. The van der Waals surface area contributed by atoms with E-state index in [-0.39, 0.29) is 29.8 Å². The maximum atomic E-state index is 13.0. The van der Waals surface area contributed by atoms with Crippen LogP contribution in [0.15, 0.2) is 39.9 Å². The van der Waals surface area contributed by atoms with Crippen molar-refractivity contribution in [2.45, 2.75) is 33.1 Å². The second-order valence-electron chi connectivity index (χ2n) is 6.81. The zero-order valence-corrected chi connectivity index (χ0v) is 18.3. The number of aromatic nitrogens is 1. The van der Waals surface area contributed by atoms with Crippen LogP contribution in [0.1, 0.15) is 32.4 Å². The molecule has 1 aliphatic heterocycles. The van der Waals surface area contributed by atoms with Crippen LogP contribution in [0, 0.1) is 11.7 Å². The van der Waals surface area contributed by atoms with Crippen molar-refractivity contribution in [3.8, 4) is 11.5 Å². The molecule has 0 atom stereocenters. The number of nitrogens with zero attached hydrogens (tertiary/aromatic N) is 3. The molecular weight excluding hydrogens is 458 g/mol. The molecule has 0 amide bonds. The number of guanidine groups is 1. The lowest BCUT2D eigenvalue weighted by Crippen LogP contribution is -2.45. The average molecular weight is 486 g/mol. The Balaban J connectivity index is 0.00000261. The van der Waals surface area contributed by atoms with Gasteiger partial charge in [0.25, 0.3) is 0 Å². The van der Waals surface area contributed by atoms with Gasteiger partial charge in [-0.25, -0.2) is 9.37 Å². The van der Waals surface area contributed by atoms with Crippen LogP contribution in [0.2, 0.25) is 0 Å². The molecule has 0 spiro atoms. The van der Waals surface area contributed by atoms with E-state index in [0.717, 1.165) is 42.8 Å². The molecule has 0 bridgehead atoms. The zero-order chi connectivity index (χ0) is 18.4. The summed E-state index contributed by atoms with van der Waals surface area (Å²) in [5.41, 5.74) is 1.63. The Morgan fingerprint density at radius 2 is 2.00 bits per heavy atom. The predicted octanol–water partition coefficient (Wildman–Crippen LogP) is 4.34. The van der Waals surface area contributed by atoms with Gasteiger partial charge in [-0.2, -0.15) is 0 Å². The number of hydrogen-bond donors (Lipinski definition) is 1. The molecule has 0 unspecified atom stereocenters. The van der Waals surface area contributed by atoms with Gasteiger partial charge in [0, 0.05) is 38.2 Å². The van der Waals surface area contributed by atoms with Gasteiger partial charge in [-0.15, -0.1) is 24.0 Å². The fourth-order valence-electron chi connectivity index (χ4n) is 3.07. The Labute approximate surface area is 177 Å². The zero-order valence-electron chi connectivity index (χ0n) is 15.9. The molecule has 1 N–H and O–H groups in total. The molecular formula is C20H28FIN4O. The highest BCUT2D eigenvalue weighted by molar-refractivity contribution is 14.0. The molecule has 1 fully saturated rings. The summed E-state index contributed by atoms with van der Waals surface area (Å²) in [6.07, 6.45) is 4.80. The van der Waals surface area contributed by atoms with Gasteiger partial charge in [0.1, 0.15) is 12.1 Å². The first kappa shape index (κ1) is 21.7. The van der Waals surface area contributed by atoms with Crippen molar-refractivity contribution >= 4 is 29.9 Å². The second kappa shape index (κ2) is 10.6. The first-order chi connectivity index (χ1) is 12.7. The average Bonchev–Trinajstić information content (AvgIpc) is 3.11. The van der Waals surface area contributed by atoms with E-state index in [1.54, 1.807) is 18.4 Å². The van der Waals surface area contributed by atoms with Crippen LogP contribution in [-0.4, -0.2) is 42.0 Å². The number of aliphatic imine (C=N–C) groups is 1. The van der Waals surface area contributed by atoms with Crippen LogP contribution in [0.5, 0.6) is 0 Å². The topological polar surface area (TPSA) is 53.7 Å². The van der Waals surface area contributed by atoms with Crippen LogP contribution in [0.3, 0.4) is 0 Å². The highest BCUT2D eigenvalue weighted by Crippen LogP contribution is 2.19. The fourth-order valence-corrected chi connectivity index (χ4v) is 3.07. The Kier molecular flexibility index (Phi) is 8.53. The monoisotopic (exact) mass is 486 g/mol. The minimum atomic E-state index is -0.266. The van der Waals surface area contributed by atoms with E-state index in [9.17, 15) is 4.39 Å². The van der Waals surface area contributed by atoms with Crippen molar-refractivity contribution in [2.75, 3.05) is 26.2 Å². The number of nitrogens with one attached hydrogen (secondary N) is 1. The Morgan fingerprint density at radius 3 is 2.67 bits per heavy atom. The SMILES string of the molecule is CCNC(=NCCc1coc(-c2ccc(F)cc2)n1)N1CCC(C)CC1.I. The van der Waals surface area contributed by atoms with Gasteiger partial charge in [-0.05, 0) is 49.9 Å². The molecule has 7 heteroatoms. The number of hydrogen-bond acceptors (Lipinski definition) is 3. The lowest BCUT2D eigenvalue weighted by Gasteiger charge is -2.33. The van der Waals surface area contributed by atoms with Crippen LogP contribution in [0.4, 0.5) is 4.39 Å². The number of halogens is 2. The highest BCUT2D eigenvalue weighted by atomic mass is 127. The third kappa shape index (κ3) is 6.19. The van der Waals surface area contributed by atoms with E-state index in [2.05, 4.69) is 29.0 Å². The Morgan fingerprint density at radius 1 is 1.30 bits per heavy atom. The number of rotatable bonds is 5. The predicted molar refractivity (Wildman–Crippen MR) is 117 cm³/mol. The van der Waals surface area contributed by atoms with Gasteiger partial charge in [0.15, 0.2) is 5.96 Å². The lowest BCUT2D eigenvalue weighted by atomic mass is 10.00. The summed E-state index contributed by atoms with van der Waals surface area (Å²) in [6.45, 7) is 8.05. The summed E-state index contributed by atoms with van der Waals surface area (Å²) in [5.74, 6) is 2.04. The summed E-state index contributed by atoms with van der Waals surface area (Å²) >= 11 is 0. The molecule has 27 heavy (non-hydrogen) atoms. The van der Waals surface area contributed by atoms with E-state index >= 15 is 0 Å². The van der Waals surface area contributed by atoms with Gasteiger partial charge in [0.2, 0.25) is 5.89 Å². The number of benzene rings is 1. The molecule has 1 aliphatic rings. The fraction of sp³-hybridized carbons (Fsp3) is 0.500. The maximum absolute atomic E-state index is 13.0. The van der Waals surface area contributed by atoms with Crippen molar-refractivity contribution < 1.29 is 8.81 Å². The lowest BCUT2D eigenvalue weighted by molar-refractivity contribution is 0.273. The number of likely N-dealkylation sites (tertiary alicyclic amines) is 1. The summed E-state index contributed by atoms with van der Waals surface area (Å²) in [7, 11) is 0.